The molecule has 0 bridgehead atoms. The smallest absolute Gasteiger partial charge is 0.170 e. The molecule has 1 rings (SSSR count). The van der Waals surface area contributed by atoms with Crippen LogP contribution in [0.3, 0.4) is 0 Å². The minimum absolute atomic E-state index is 0.110. The van der Waals surface area contributed by atoms with Crippen molar-refractivity contribution in [1.29, 1.82) is 0 Å². The van der Waals surface area contributed by atoms with E-state index in [1.807, 2.05) is 0 Å². The highest BCUT2D eigenvalue weighted by Crippen LogP contribution is 2.13. The highest BCUT2D eigenvalue weighted by Gasteiger charge is 2.15. The maximum absolute atomic E-state index is 11.9. The SMILES string of the molecule is CC(C=O)CC(=O)c1ccccc1/C(N)=N\O. The quantitative estimate of drug-likeness (QED) is 0.200. The summed E-state index contributed by atoms with van der Waals surface area (Å²) in [6.45, 7) is 1.66. The molecule has 3 N–H and O–H groups in total. The van der Waals surface area contributed by atoms with Gasteiger partial charge in [-0.2, -0.15) is 0 Å². The number of ketones is 1. The van der Waals surface area contributed by atoms with E-state index in [4.69, 9.17) is 10.9 Å². The number of oxime groups is 1. The van der Waals surface area contributed by atoms with Gasteiger partial charge in [-0.3, -0.25) is 4.79 Å². The summed E-state index contributed by atoms with van der Waals surface area (Å²) in [4.78, 5) is 22.4. The van der Waals surface area contributed by atoms with Crippen LogP contribution in [0.4, 0.5) is 0 Å². The summed E-state index contributed by atoms with van der Waals surface area (Å²) >= 11 is 0. The van der Waals surface area contributed by atoms with Gasteiger partial charge in [0.1, 0.15) is 6.29 Å². The Bertz CT molecular complexity index is 455. The number of hydrogen-bond acceptors (Lipinski definition) is 4. The molecule has 0 saturated heterocycles. The van der Waals surface area contributed by atoms with Gasteiger partial charge < -0.3 is 15.7 Å². The Morgan fingerprint density at radius 3 is 2.59 bits per heavy atom. The fourth-order valence-corrected chi connectivity index (χ4v) is 1.45. The zero-order valence-electron chi connectivity index (χ0n) is 9.46. The lowest BCUT2D eigenvalue weighted by atomic mass is 9.96. The highest BCUT2D eigenvalue weighted by atomic mass is 16.4. The number of benzene rings is 1. The van der Waals surface area contributed by atoms with E-state index in [0.717, 1.165) is 6.29 Å². The summed E-state index contributed by atoms with van der Waals surface area (Å²) in [7, 11) is 0. The number of Topliss-reactive ketones (excluding diaryl/α,β-unsaturated/α-hetero) is 1. The molecule has 0 aliphatic rings. The van der Waals surface area contributed by atoms with Gasteiger partial charge >= 0.3 is 0 Å². The summed E-state index contributed by atoms with van der Waals surface area (Å²) in [5.74, 6) is -0.664. The largest absolute Gasteiger partial charge is 0.409 e. The van der Waals surface area contributed by atoms with E-state index >= 15 is 0 Å². The van der Waals surface area contributed by atoms with Gasteiger partial charge in [-0.05, 0) is 0 Å². The Morgan fingerprint density at radius 2 is 2.06 bits per heavy atom. The van der Waals surface area contributed by atoms with Crippen molar-refractivity contribution in [2.45, 2.75) is 13.3 Å². The predicted molar refractivity (Wildman–Crippen MR) is 63.1 cm³/mol. The van der Waals surface area contributed by atoms with Crippen molar-refractivity contribution in [3.63, 3.8) is 0 Å². The average molecular weight is 234 g/mol. The summed E-state index contributed by atoms with van der Waals surface area (Å²) in [6.07, 6.45) is 0.837. The molecule has 0 heterocycles. The van der Waals surface area contributed by atoms with Crippen LogP contribution in [0.15, 0.2) is 29.4 Å². The Labute approximate surface area is 98.9 Å². The van der Waals surface area contributed by atoms with Crippen LogP contribution in [0, 0.1) is 5.92 Å². The van der Waals surface area contributed by atoms with Gasteiger partial charge in [0.05, 0.1) is 0 Å². The van der Waals surface area contributed by atoms with Crippen LogP contribution in [0.25, 0.3) is 0 Å². The van der Waals surface area contributed by atoms with Gasteiger partial charge in [-0.25, -0.2) is 0 Å². The van der Waals surface area contributed by atoms with Crippen LogP contribution < -0.4 is 5.73 Å². The molecular formula is C12H14N2O3. The first kappa shape index (κ1) is 12.9. The summed E-state index contributed by atoms with van der Waals surface area (Å²) in [5.41, 5.74) is 6.21. The van der Waals surface area contributed by atoms with Crippen molar-refractivity contribution < 1.29 is 14.8 Å². The number of nitrogens with two attached hydrogens (primary N) is 1. The molecule has 17 heavy (non-hydrogen) atoms. The molecule has 0 aliphatic heterocycles. The van der Waals surface area contributed by atoms with Crippen molar-refractivity contribution in [2.75, 3.05) is 0 Å². The fourth-order valence-electron chi connectivity index (χ4n) is 1.45. The Hall–Kier alpha value is -2.17. The number of nitrogens with zero attached hydrogens (tertiary/aromatic N) is 1. The monoisotopic (exact) mass is 234 g/mol. The second-order valence-electron chi connectivity index (χ2n) is 3.77. The molecule has 1 aromatic carbocycles. The van der Waals surface area contributed by atoms with Crippen molar-refractivity contribution in [3.05, 3.63) is 35.4 Å². The fraction of sp³-hybridized carbons (Fsp3) is 0.250. The van der Waals surface area contributed by atoms with Gasteiger partial charge in [0.15, 0.2) is 11.6 Å². The summed E-state index contributed by atoms with van der Waals surface area (Å²) in [5, 5.41) is 11.5. The Morgan fingerprint density at radius 1 is 1.47 bits per heavy atom. The van der Waals surface area contributed by atoms with Gasteiger partial charge in [0.25, 0.3) is 0 Å². The molecule has 0 radical (unpaired) electrons. The minimum Gasteiger partial charge on any atom is -0.409 e. The zero-order valence-corrected chi connectivity index (χ0v) is 9.46. The summed E-state index contributed by atoms with van der Waals surface area (Å²) in [6, 6.07) is 6.56. The van der Waals surface area contributed by atoms with E-state index in [-0.39, 0.29) is 24.0 Å². The molecule has 5 heteroatoms. The Kier molecular flexibility index (Phi) is 4.39. The molecule has 0 aliphatic carbocycles. The molecule has 1 atom stereocenters. The number of carbonyl (C=O) groups is 2. The van der Waals surface area contributed by atoms with Crippen LogP contribution in [-0.2, 0) is 4.79 Å². The molecule has 0 aromatic heterocycles. The summed E-state index contributed by atoms with van der Waals surface area (Å²) < 4.78 is 0. The molecular weight excluding hydrogens is 220 g/mol. The first-order chi connectivity index (χ1) is 8.10. The zero-order chi connectivity index (χ0) is 12.8. The second kappa shape index (κ2) is 5.79. The lowest BCUT2D eigenvalue weighted by Gasteiger charge is -2.08. The second-order valence-corrected chi connectivity index (χ2v) is 3.77. The first-order valence-electron chi connectivity index (χ1n) is 5.15. The molecule has 90 valence electrons. The third-order valence-electron chi connectivity index (χ3n) is 2.35. The molecule has 1 aromatic rings. The lowest BCUT2D eigenvalue weighted by molar-refractivity contribution is -0.110. The third-order valence-corrected chi connectivity index (χ3v) is 2.35. The van der Waals surface area contributed by atoms with Crippen LogP contribution in [0.2, 0.25) is 0 Å². The van der Waals surface area contributed by atoms with Gasteiger partial charge in [-0.1, -0.05) is 36.3 Å². The number of amidine groups is 1. The standard InChI is InChI=1S/C12H14N2O3/c1-8(7-15)6-11(16)9-4-2-3-5-10(9)12(13)14-17/h2-5,7-8,17H,6H2,1H3,(H2,13,14). The van der Waals surface area contributed by atoms with Crippen LogP contribution in [0.5, 0.6) is 0 Å². The van der Waals surface area contributed by atoms with Crippen molar-refractivity contribution in [2.24, 2.45) is 16.8 Å². The lowest BCUT2D eigenvalue weighted by Crippen LogP contribution is -2.18. The minimum atomic E-state index is -0.345. The third kappa shape index (κ3) is 3.14. The van der Waals surface area contributed by atoms with E-state index in [2.05, 4.69) is 5.16 Å². The van der Waals surface area contributed by atoms with Gasteiger partial charge in [0.2, 0.25) is 0 Å². The van der Waals surface area contributed by atoms with Crippen molar-refractivity contribution in [3.8, 4) is 0 Å². The Balaban J connectivity index is 3.05. The maximum Gasteiger partial charge on any atom is 0.170 e. The molecule has 0 spiro atoms. The maximum atomic E-state index is 11.9. The van der Waals surface area contributed by atoms with Crippen LogP contribution in [-0.4, -0.2) is 23.1 Å². The predicted octanol–water partition coefficient (Wildman–Crippen LogP) is 1.19. The molecule has 0 amide bonds. The van der Waals surface area contributed by atoms with E-state index in [1.54, 1.807) is 31.2 Å². The van der Waals surface area contributed by atoms with Gasteiger partial charge in [0, 0.05) is 23.5 Å². The molecule has 1 unspecified atom stereocenters. The average Bonchev–Trinajstić information content (AvgIpc) is 2.37. The number of aldehydes is 1. The molecule has 0 saturated carbocycles. The number of hydrogen-bond donors (Lipinski definition) is 2. The topological polar surface area (TPSA) is 92.8 Å². The first-order valence-corrected chi connectivity index (χ1v) is 5.15. The van der Waals surface area contributed by atoms with Crippen LogP contribution >= 0.6 is 0 Å². The van der Waals surface area contributed by atoms with E-state index in [9.17, 15) is 9.59 Å². The van der Waals surface area contributed by atoms with Gasteiger partial charge in [-0.15, -0.1) is 0 Å². The molecule has 5 nitrogen and oxygen atoms in total. The van der Waals surface area contributed by atoms with Crippen molar-refractivity contribution >= 4 is 17.9 Å². The number of carbonyl (C=O) groups excluding carboxylic acids is 2. The van der Waals surface area contributed by atoms with E-state index in [0.29, 0.717) is 11.1 Å². The highest BCUT2D eigenvalue weighted by molar-refractivity contribution is 6.09. The van der Waals surface area contributed by atoms with E-state index in [1.165, 1.54) is 0 Å². The molecule has 0 fully saturated rings. The number of rotatable bonds is 5. The van der Waals surface area contributed by atoms with Crippen LogP contribution in [0.1, 0.15) is 29.3 Å². The normalized spacial score (nSPS) is 13.1. The van der Waals surface area contributed by atoms with E-state index < -0.39 is 0 Å². The van der Waals surface area contributed by atoms with Crippen molar-refractivity contribution in [1.82, 2.24) is 0 Å².